The van der Waals surface area contributed by atoms with Crippen molar-refractivity contribution >= 4 is 29.2 Å². The molecular weight excluding hydrogens is 216 g/mol. The number of hydrogen-bond donors (Lipinski definition) is 2. The molecule has 17 heavy (non-hydrogen) atoms. The average molecular weight is 226 g/mol. The zero-order valence-corrected chi connectivity index (χ0v) is 8.94. The van der Waals surface area contributed by atoms with E-state index in [2.05, 4.69) is 10.6 Å². The fourth-order valence-corrected chi connectivity index (χ4v) is 1.90. The molecule has 0 unspecified atom stereocenters. The largest absolute Gasteiger partial charge is 0.426 e. The summed E-state index contributed by atoms with van der Waals surface area (Å²) in [5, 5.41) is 6.53. The van der Waals surface area contributed by atoms with Gasteiger partial charge in [0.2, 0.25) is 0 Å². The minimum Gasteiger partial charge on any atom is -0.426 e. The number of benzene rings is 2. The highest BCUT2D eigenvalue weighted by atomic mass is 16.5. The number of carbonyl (C=O) groups excluding carboxylic acids is 1. The topological polar surface area (TPSA) is 50.4 Å². The molecule has 2 aromatic rings. The summed E-state index contributed by atoms with van der Waals surface area (Å²) >= 11 is 0. The van der Waals surface area contributed by atoms with Gasteiger partial charge in [0.05, 0.1) is 17.1 Å². The van der Waals surface area contributed by atoms with Crippen LogP contribution in [0.4, 0.5) is 22.7 Å². The molecule has 4 nitrogen and oxygen atoms in total. The van der Waals surface area contributed by atoms with Crippen LogP contribution in [-0.4, -0.2) is 6.47 Å². The standard InChI is InChI=1S/C13H10N2O2/c16-8-17-12-7-3-6-11-13(12)15-10-5-2-1-4-9(10)14-11/h1-8,14-15H. The molecular formula is C13H10N2O2. The summed E-state index contributed by atoms with van der Waals surface area (Å²) in [5.74, 6) is 0.513. The van der Waals surface area contributed by atoms with Crippen LogP contribution >= 0.6 is 0 Å². The van der Waals surface area contributed by atoms with E-state index in [0.717, 1.165) is 22.7 Å². The maximum Gasteiger partial charge on any atom is 0.298 e. The van der Waals surface area contributed by atoms with Gasteiger partial charge in [-0.05, 0) is 24.3 Å². The van der Waals surface area contributed by atoms with Gasteiger partial charge in [-0.15, -0.1) is 0 Å². The Morgan fingerprint density at radius 1 is 0.882 bits per heavy atom. The van der Waals surface area contributed by atoms with E-state index in [9.17, 15) is 4.79 Å². The van der Waals surface area contributed by atoms with Gasteiger partial charge < -0.3 is 15.4 Å². The quantitative estimate of drug-likeness (QED) is 0.659. The van der Waals surface area contributed by atoms with E-state index in [4.69, 9.17) is 4.74 Å². The summed E-state index contributed by atoms with van der Waals surface area (Å²) in [5.41, 5.74) is 3.63. The fraction of sp³-hybridized carbons (Fsp3) is 0. The molecule has 0 saturated carbocycles. The van der Waals surface area contributed by atoms with Gasteiger partial charge in [-0.2, -0.15) is 0 Å². The first-order valence-corrected chi connectivity index (χ1v) is 5.25. The maximum absolute atomic E-state index is 10.4. The van der Waals surface area contributed by atoms with Gasteiger partial charge in [-0.1, -0.05) is 18.2 Å². The molecule has 2 N–H and O–H groups in total. The van der Waals surface area contributed by atoms with Gasteiger partial charge in [0.15, 0.2) is 5.75 Å². The number of carbonyl (C=O) groups is 1. The van der Waals surface area contributed by atoms with Crippen LogP contribution in [0.2, 0.25) is 0 Å². The van der Waals surface area contributed by atoms with Crippen molar-refractivity contribution < 1.29 is 9.53 Å². The number of para-hydroxylation sites is 3. The summed E-state index contributed by atoms with van der Waals surface area (Å²) in [7, 11) is 0. The highest BCUT2D eigenvalue weighted by Crippen LogP contribution is 2.42. The van der Waals surface area contributed by atoms with Crippen molar-refractivity contribution in [1.29, 1.82) is 0 Å². The minimum atomic E-state index is 0.428. The summed E-state index contributed by atoms with van der Waals surface area (Å²) in [4.78, 5) is 10.4. The molecule has 0 radical (unpaired) electrons. The Kier molecular flexibility index (Phi) is 2.19. The van der Waals surface area contributed by atoms with Crippen LogP contribution in [0.3, 0.4) is 0 Å². The summed E-state index contributed by atoms with van der Waals surface area (Å²) < 4.78 is 4.94. The summed E-state index contributed by atoms with van der Waals surface area (Å²) in [6.45, 7) is 0.428. The van der Waals surface area contributed by atoms with E-state index in [1.165, 1.54) is 0 Å². The Bertz CT molecular complexity index is 581. The van der Waals surface area contributed by atoms with Crippen LogP contribution < -0.4 is 15.4 Å². The molecule has 0 aromatic heterocycles. The van der Waals surface area contributed by atoms with Gasteiger partial charge in [0.25, 0.3) is 6.47 Å². The third-order valence-corrected chi connectivity index (χ3v) is 2.66. The van der Waals surface area contributed by atoms with Crippen molar-refractivity contribution in [2.75, 3.05) is 10.6 Å². The van der Waals surface area contributed by atoms with E-state index in [-0.39, 0.29) is 0 Å². The fourth-order valence-electron chi connectivity index (χ4n) is 1.90. The molecule has 1 heterocycles. The van der Waals surface area contributed by atoms with Crippen molar-refractivity contribution in [3.05, 3.63) is 42.5 Å². The first kappa shape index (κ1) is 9.72. The molecule has 0 aliphatic carbocycles. The smallest absolute Gasteiger partial charge is 0.298 e. The number of nitrogens with one attached hydrogen (secondary N) is 2. The normalized spacial score (nSPS) is 11.5. The Hall–Kier alpha value is -2.49. The number of fused-ring (bicyclic) bond motifs is 2. The second-order valence-electron chi connectivity index (χ2n) is 3.69. The number of ether oxygens (including phenoxy) is 1. The zero-order valence-electron chi connectivity index (χ0n) is 8.94. The van der Waals surface area contributed by atoms with Crippen molar-refractivity contribution in [3.8, 4) is 5.75 Å². The Labute approximate surface area is 98.2 Å². The average Bonchev–Trinajstić information content (AvgIpc) is 2.37. The van der Waals surface area contributed by atoms with Crippen molar-refractivity contribution in [3.63, 3.8) is 0 Å². The molecule has 0 atom stereocenters. The van der Waals surface area contributed by atoms with Crippen LogP contribution in [0.15, 0.2) is 42.5 Å². The lowest BCUT2D eigenvalue weighted by atomic mass is 10.1. The molecule has 4 heteroatoms. The summed E-state index contributed by atoms with van der Waals surface area (Å²) in [6, 6.07) is 13.4. The minimum absolute atomic E-state index is 0.428. The molecule has 1 aliphatic rings. The second kappa shape index (κ2) is 3.83. The number of hydrogen-bond acceptors (Lipinski definition) is 4. The first-order chi connectivity index (χ1) is 8.38. The molecule has 0 fully saturated rings. The Balaban J connectivity index is 2.08. The third-order valence-electron chi connectivity index (χ3n) is 2.66. The van der Waals surface area contributed by atoms with Gasteiger partial charge in [0.1, 0.15) is 5.69 Å². The van der Waals surface area contributed by atoms with Gasteiger partial charge in [-0.25, -0.2) is 0 Å². The number of anilines is 4. The van der Waals surface area contributed by atoms with E-state index in [0.29, 0.717) is 12.2 Å². The van der Waals surface area contributed by atoms with E-state index in [1.54, 1.807) is 6.07 Å². The molecule has 84 valence electrons. The molecule has 0 bridgehead atoms. The monoisotopic (exact) mass is 226 g/mol. The van der Waals surface area contributed by atoms with Crippen molar-refractivity contribution in [2.24, 2.45) is 0 Å². The van der Waals surface area contributed by atoms with Crippen LogP contribution in [-0.2, 0) is 4.79 Å². The Morgan fingerprint density at radius 2 is 1.59 bits per heavy atom. The lowest BCUT2D eigenvalue weighted by Crippen LogP contribution is -2.07. The maximum atomic E-state index is 10.4. The highest BCUT2D eigenvalue weighted by molar-refractivity contribution is 5.93. The lowest BCUT2D eigenvalue weighted by molar-refractivity contribution is -0.120. The van der Waals surface area contributed by atoms with Gasteiger partial charge >= 0.3 is 0 Å². The second-order valence-corrected chi connectivity index (χ2v) is 3.69. The van der Waals surface area contributed by atoms with Crippen LogP contribution in [0.5, 0.6) is 5.75 Å². The molecule has 1 aliphatic heterocycles. The van der Waals surface area contributed by atoms with Crippen LogP contribution in [0, 0.1) is 0 Å². The molecule has 0 saturated heterocycles. The van der Waals surface area contributed by atoms with E-state index in [1.807, 2.05) is 36.4 Å². The van der Waals surface area contributed by atoms with Crippen molar-refractivity contribution in [2.45, 2.75) is 0 Å². The van der Waals surface area contributed by atoms with Gasteiger partial charge in [0, 0.05) is 0 Å². The van der Waals surface area contributed by atoms with E-state index >= 15 is 0 Å². The van der Waals surface area contributed by atoms with Crippen LogP contribution in [0.1, 0.15) is 0 Å². The SMILES string of the molecule is O=COc1cccc2c1Nc1ccccc1N2. The highest BCUT2D eigenvalue weighted by Gasteiger charge is 2.17. The molecule has 3 rings (SSSR count). The summed E-state index contributed by atoms with van der Waals surface area (Å²) in [6.07, 6.45) is 0. The third kappa shape index (κ3) is 1.59. The molecule has 0 spiro atoms. The lowest BCUT2D eigenvalue weighted by Gasteiger charge is -2.23. The number of rotatable bonds is 2. The first-order valence-electron chi connectivity index (χ1n) is 5.25. The molecule has 2 aromatic carbocycles. The predicted molar refractivity (Wildman–Crippen MR) is 66.1 cm³/mol. The molecule has 0 amide bonds. The van der Waals surface area contributed by atoms with Crippen LogP contribution in [0.25, 0.3) is 0 Å². The Morgan fingerprint density at radius 3 is 2.35 bits per heavy atom. The zero-order chi connectivity index (χ0) is 11.7. The predicted octanol–water partition coefficient (Wildman–Crippen LogP) is 3.02. The van der Waals surface area contributed by atoms with Gasteiger partial charge in [-0.3, -0.25) is 4.79 Å². The van der Waals surface area contributed by atoms with E-state index < -0.39 is 0 Å². The van der Waals surface area contributed by atoms with Crippen molar-refractivity contribution in [1.82, 2.24) is 0 Å².